The van der Waals surface area contributed by atoms with E-state index in [1.165, 1.54) is 4.68 Å². The zero-order valence-electron chi connectivity index (χ0n) is 16.3. The van der Waals surface area contributed by atoms with Gasteiger partial charge in [-0.2, -0.15) is 5.10 Å². The number of nitrogens with zero attached hydrogens (tertiary/aromatic N) is 2. The van der Waals surface area contributed by atoms with Gasteiger partial charge in [0.2, 0.25) is 0 Å². The SMILES string of the molecule is COc1ccc(OC)c(-c2cc(C(=O)NCC(OC)c3ccco3)n(C)n2)c1. The second-order valence-corrected chi connectivity index (χ2v) is 6.05. The van der Waals surface area contributed by atoms with Crippen molar-refractivity contribution < 1.29 is 23.4 Å². The minimum Gasteiger partial charge on any atom is -0.497 e. The maximum atomic E-state index is 12.7. The molecule has 0 aliphatic heterocycles. The Morgan fingerprint density at radius 2 is 2.04 bits per heavy atom. The Bertz CT molecular complexity index is 933. The number of ether oxygens (including phenoxy) is 3. The fourth-order valence-corrected chi connectivity index (χ4v) is 2.88. The zero-order valence-corrected chi connectivity index (χ0v) is 16.3. The average Bonchev–Trinajstić information content (AvgIpc) is 3.38. The number of amides is 1. The molecule has 0 fully saturated rings. The van der Waals surface area contributed by atoms with Crippen molar-refractivity contribution in [2.45, 2.75) is 6.10 Å². The number of furan rings is 1. The van der Waals surface area contributed by atoms with Gasteiger partial charge in [0.25, 0.3) is 5.91 Å². The Balaban J connectivity index is 1.79. The standard InChI is InChI=1S/C20H23N3O5/c1-23-16(20(24)21-12-19(27-4)18-6-5-9-28-18)11-15(22-23)14-10-13(25-2)7-8-17(14)26-3/h5-11,19H,12H2,1-4H3,(H,21,24). The van der Waals surface area contributed by atoms with Crippen LogP contribution in [0.1, 0.15) is 22.4 Å². The molecule has 0 bridgehead atoms. The van der Waals surface area contributed by atoms with Gasteiger partial charge in [0.15, 0.2) is 0 Å². The molecule has 148 valence electrons. The van der Waals surface area contributed by atoms with E-state index in [0.717, 1.165) is 5.56 Å². The number of hydrogen-bond donors (Lipinski definition) is 1. The van der Waals surface area contributed by atoms with Crippen molar-refractivity contribution in [2.24, 2.45) is 7.05 Å². The molecule has 3 rings (SSSR count). The van der Waals surface area contributed by atoms with Crippen LogP contribution in [0.25, 0.3) is 11.3 Å². The maximum absolute atomic E-state index is 12.7. The summed E-state index contributed by atoms with van der Waals surface area (Å²) in [4.78, 5) is 12.7. The van der Waals surface area contributed by atoms with Crippen LogP contribution < -0.4 is 14.8 Å². The van der Waals surface area contributed by atoms with Gasteiger partial charge in [-0.15, -0.1) is 0 Å². The second kappa shape index (κ2) is 8.62. The zero-order chi connectivity index (χ0) is 20.1. The number of rotatable bonds is 8. The highest BCUT2D eigenvalue weighted by molar-refractivity contribution is 5.94. The molecule has 8 nitrogen and oxygen atoms in total. The highest BCUT2D eigenvalue weighted by Gasteiger charge is 2.20. The summed E-state index contributed by atoms with van der Waals surface area (Å²) in [5.74, 6) is 1.70. The molecule has 28 heavy (non-hydrogen) atoms. The fourth-order valence-electron chi connectivity index (χ4n) is 2.88. The van der Waals surface area contributed by atoms with Gasteiger partial charge in [-0.1, -0.05) is 0 Å². The molecule has 2 aromatic heterocycles. The molecule has 0 radical (unpaired) electrons. The normalized spacial score (nSPS) is 11.9. The number of aryl methyl sites for hydroxylation is 1. The van der Waals surface area contributed by atoms with Crippen molar-refractivity contribution in [3.8, 4) is 22.8 Å². The van der Waals surface area contributed by atoms with Gasteiger partial charge >= 0.3 is 0 Å². The first-order valence-electron chi connectivity index (χ1n) is 8.68. The summed E-state index contributed by atoms with van der Waals surface area (Å²) < 4.78 is 22.9. The predicted molar refractivity (Wildman–Crippen MR) is 103 cm³/mol. The maximum Gasteiger partial charge on any atom is 0.269 e. The van der Waals surface area contributed by atoms with Crippen molar-refractivity contribution in [2.75, 3.05) is 27.9 Å². The molecule has 0 spiro atoms. The molecule has 1 N–H and O–H groups in total. The first-order valence-corrected chi connectivity index (χ1v) is 8.68. The van der Waals surface area contributed by atoms with Gasteiger partial charge in [-0.25, -0.2) is 0 Å². The molecule has 0 aliphatic carbocycles. The molecule has 1 unspecified atom stereocenters. The lowest BCUT2D eigenvalue weighted by Crippen LogP contribution is -2.30. The fraction of sp³-hybridized carbons (Fsp3) is 0.300. The number of hydrogen-bond acceptors (Lipinski definition) is 6. The largest absolute Gasteiger partial charge is 0.497 e. The minimum absolute atomic E-state index is 0.267. The van der Waals surface area contributed by atoms with Gasteiger partial charge in [-0.05, 0) is 36.4 Å². The minimum atomic E-state index is -0.370. The molecule has 0 saturated carbocycles. The summed E-state index contributed by atoms with van der Waals surface area (Å²) in [6, 6.07) is 10.7. The Kier molecular flexibility index (Phi) is 6.00. The molecular weight excluding hydrogens is 362 g/mol. The molecular formula is C20H23N3O5. The van der Waals surface area contributed by atoms with Crippen LogP contribution in [0.3, 0.4) is 0 Å². The predicted octanol–water partition coefficient (Wildman–Crippen LogP) is 2.81. The van der Waals surface area contributed by atoms with E-state index in [4.69, 9.17) is 18.6 Å². The van der Waals surface area contributed by atoms with Crippen molar-refractivity contribution in [3.05, 3.63) is 54.1 Å². The van der Waals surface area contributed by atoms with E-state index in [9.17, 15) is 4.79 Å². The van der Waals surface area contributed by atoms with E-state index < -0.39 is 0 Å². The van der Waals surface area contributed by atoms with Crippen LogP contribution in [0.15, 0.2) is 47.1 Å². The van der Waals surface area contributed by atoms with Crippen LogP contribution in [-0.4, -0.2) is 43.6 Å². The van der Waals surface area contributed by atoms with Crippen LogP contribution >= 0.6 is 0 Å². The van der Waals surface area contributed by atoms with Gasteiger partial charge in [0.1, 0.15) is 29.1 Å². The van der Waals surface area contributed by atoms with E-state index >= 15 is 0 Å². The molecule has 8 heteroatoms. The first-order chi connectivity index (χ1) is 13.6. The van der Waals surface area contributed by atoms with Crippen molar-refractivity contribution >= 4 is 5.91 Å². The third-order valence-electron chi connectivity index (χ3n) is 4.39. The smallest absolute Gasteiger partial charge is 0.269 e. The van der Waals surface area contributed by atoms with E-state index in [2.05, 4.69) is 10.4 Å². The van der Waals surface area contributed by atoms with Gasteiger partial charge in [0, 0.05) is 19.7 Å². The second-order valence-electron chi connectivity index (χ2n) is 6.05. The lowest BCUT2D eigenvalue weighted by atomic mass is 10.1. The van der Waals surface area contributed by atoms with Crippen molar-refractivity contribution in [1.82, 2.24) is 15.1 Å². The molecule has 2 heterocycles. The third-order valence-corrected chi connectivity index (χ3v) is 4.39. The van der Waals surface area contributed by atoms with Crippen LogP contribution in [0.4, 0.5) is 0 Å². The number of benzene rings is 1. The van der Waals surface area contributed by atoms with Crippen LogP contribution in [0.5, 0.6) is 11.5 Å². The third kappa shape index (κ3) is 4.01. The van der Waals surface area contributed by atoms with E-state index in [-0.39, 0.29) is 18.6 Å². The van der Waals surface area contributed by atoms with Crippen LogP contribution in [0, 0.1) is 0 Å². The van der Waals surface area contributed by atoms with Gasteiger partial charge in [0.05, 0.1) is 32.7 Å². The number of aromatic nitrogens is 2. The highest BCUT2D eigenvalue weighted by atomic mass is 16.5. The summed E-state index contributed by atoms with van der Waals surface area (Å²) in [7, 11) is 6.46. The Hall–Kier alpha value is -3.26. The monoisotopic (exact) mass is 385 g/mol. The van der Waals surface area contributed by atoms with Crippen molar-refractivity contribution in [1.29, 1.82) is 0 Å². The summed E-state index contributed by atoms with van der Waals surface area (Å²) >= 11 is 0. The van der Waals surface area contributed by atoms with Gasteiger partial charge in [-0.3, -0.25) is 9.48 Å². The number of carbonyl (C=O) groups excluding carboxylic acids is 1. The summed E-state index contributed by atoms with van der Waals surface area (Å²) in [5, 5.41) is 7.31. The molecule has 0 aliphatic rings. The first kappa shape index (κ1) is 19.5. The Labute approximate surface area is 163 Å². The van der Waals surface area contributed by atoms with Crippen molar-refractivity contribution in [3.63, 3.8) is 0 Å². The average molecular weight is 385 g/mol. The Morgan fingerprint density at radius 1 is 1.21 bits per heavy atom. The van der Waals surface area contributed by atoms with E-state index in [1.54, 1.807) is 65.0 Å². The van der Waals surface area contributed by atoms with Crippen LogP contribution in [0.2, 0.25) is 0 Å². The number of carbonyl (C=O) groups is 1. The molecule has 1 atom stereocenters. The Morgan fingerprint density at radius 3 is 2.68 bits per heavy atom. The van der Waals surface area contributed by atoms with E-state index in [1.807, 2.05) is 6.07 Å². The quantitative estimate of drug-likeness (QED) is 0.642. The lowest BCUT2D eigenvalue weighted by Gasteiger charge is -2.13. The summed E-state index contributed by atoms with van der Waals surface area (Å²) in [6.45, 7) is 0.270. The lowest BCUT2D eigenvalue weighted by molar-refractivity contribution is 0.0733. The summed E-state index contributed by atoms with van der Waals surface area (Å²) in [6.07, 6.45) is 1.20. The van der Waals surface area contributed by atoms with E-state index in [0.29, 0.717) is 28.6 Å². The molecule has 3 aromatic rings. The molecule has 1 amide bonds. The number of nitrogens with one attached hydrogen (secondary N) is 1. The van der Waals surface area contributed by atoms with Crippen LogP contribution in [-0.2, 0) is 11.8 Å². The highest BCUT2D eigenvalue weighted by Crippen LogP contribution is 2.33. The number of methoxy groups -OCH3 is 3. The topological polar surface area (TPSA) is 87.8 Å². The summed E-state index contributed by atoms with van der Waals surface area (Å²) in [5.41, 5.74) is 1.76. The molecule has 0 saturated heterocycles. The van der Waals surface area contributed by atoms with Gasteiger partial charge < -0.3 is 23.9 Å². The molecule has 1 aromatic carbocycles.